The van der Waals surface area contributed by atoms with Crippen LogP contribution in [-0.4, -0.2) is 16.1 Å². The van der Waals surface area contributed by atoms with Gasteiger partial charge in [0.1, 0.15) is 5.56 Å². The number of aromatic amines is 1. The van der Waals surface area contributed by atoms with Crippen molar-refractivity contribution < 1.29 is 35.9 Å². The zero-order valence-electron chi connectivity index (χ0n) is 11.7. The maximum atomic E-state index is 11.2. The summed E-state index contributed by atoms with van der Waals surface area (Å²) in [6.45, 7) is 0. The van der Waals surface area contributed by atoms with Crippen LogP contribution in [0.2, 0.25) is 0 Å². The Bertz CT molecular complexity index is 672. The average Bonchev–Trinajstić information content (AvgIpc) is 2.92. The Morgan fingerprint density at radius 2 is 1.64 bits per heavy atom. The summed E-state index contributed by atoms with van der Waals surface area (Å²) in [5.74, 6) is -0.477. The van der Waals surface area contributed by atoms with E-state index in [4.69, 9.17) is 11.5 Å². The van der Waals surface area contributed by atoms with Gasteiger partial charge in [-0.25, -0.2) is 0 Å². The molecule has 5 nitrogen and oxygen atoms in total. The first kappa shape index (κ1) is 18.0. The molecule has 1 heterocycles. The average molecular weight is 516 g/mol. The van der Waals surface area contributed by atoms with Crippen LogP contribution in [0.4, 0.5) is 5.82 Å². The van der Waals surface area contributed by atoms with Crippen LogP contribution in [0.3, 0.4) is 0 Å². The molecule has 5 N–H and O–H groups in total. The summed E-state index contributed by atoms with van der Waals surface area (Å²) in [5, 5.41) is 6.44. The van der Waals surface area contributed by atoms with Gasteiger partial charge in [0.2, 0.25) is 0 Å². The predicted molar refractivity (Wildman–Crippen MR) is 81.1 cm³/mol. The molecule has 2 aromatic carbocycles. The summed E-state index contributed by atoms with van der Waals surface area (Å²) < 4.78 is 0. The number of nitrogen functional groups attached to an aromatic ring is 1. The van der Waals surface area contributed by atoms with Crippen LogP contribution in [0.15, 0.2) is 54.6 Å². The summed E-state index contributed by atoms with van der Waals surface area (Å²) in [7, 11) is 0. The molecule has 0 bridgehead atoms. The number of hydrogen-bond acceptors (Lipinski definition) is 3. The standard InChI is InChI=1S/C10H9N4O.C6H5.U/c11-9-7(10(12)15)8(13-14-9)6-4-2-1-3-5-6;1-2-4-6-5-3-1;/h2-5H,(H2,12,15)(H3,11,13,14);1-5H;/q2*-1;+2. The van der Waals surface area contributed by atoms with Crippen molar-refractivity contribution in [1.29, 1.82) is 0 Å². The van der Waals surface area contributed by atoms with Crippen LogP contribution in [0.1, 0.15) is 10.4 Å². The Morgan fingerprint density at radius 1 is 1.05 bits per heavy atom. The van der Waals surface area contributed by atoms with Gasteiger partial charge in [-0.2, -0.15) is 71.8 Å². The number of H-pyrrole nitrogens is 1. The number of hydrogen-bond donors (Lipinski definition) is 3. The third kappa shape index (κ3) is 4.76. The molecule has 0 unspecified atom stereocenters. The number of anilines is 1. The number of rotatable bonds is 2. The first-order valence-corrected chi connectivity index (χ1v) is 6.21. The minimum Gasteiger partial charge on any atom is -0.382 e. The number of carbonyl (C=O) groups is 1. The number of amides is 1. The summed E-state index contributed by atoms with van der Waals surface area (Å²) >= 11 is 0. The first-order valence-electron chi connectivity index (χ1n) is 6.21. The van der Waals surface area contributed by atoms with Gasteiger partial charge in [0.05, 0.1) is 5.69 Å². The SMILES string of the molecule is NC(=O)c1c(N)n[nH]c1-c1cc[c-]cc1.[U+2].[c-]1ccccc1. The number of nitrogens with zero attached hydrogens (tertiary/aromatic N) is 1. The monoisotopic (exact) mass is 516 g/mol. The number of nitrogens with two attached hydrogens (primary N) is 2. The molecular weight excluding hydrogens is 502 g/mol. The van der Waals surface area contributed by atoms with Crippen LogP contribution in [0.25, 0.3) is 11.3 Å². The molecule has 0 aliphatic carbocycles. The molecule has 0 atom stereocenters. The van der Waals surface area contributed by atoms with E-state index in [1.807, 2.05) is 30.3 Å². The largest absolute Gasteiger partial charge is 2.00 e. The van der Waals surface area contributed by atoms with E-state index < -0.39 is 5.91 Å². The minimum absolute atomic E-state index is 0. The molecule has 6 heteroatoms. The molecule has 108 valence electrons. The zero-order chi connectivity index (χ0) is 15.1. The molecule has 22 heavy (non-hydrogen) atoms. The Hall–Kier alpha value is -2.03. The zero-order valence-corrected chi connectivity index (χ0v) is 15.9. The van der Waals surface area contributed by atoms with Gasteiger partial charge in [-0.15, -0.1) is 5.56 Å². The van der Waals surface area contributed by atoms with Crippen molar-refractivity contribution in [3.8, 4) is 11.3 Å². The van der Waals surface area contributed by atoms with E-state index in [9.17, 15) is 4.79 Å². The Morgan fingerprint density at radius 3 is 2.09 bits per heavy atom. The van der Waals surface area contributed by atoms with Crippen molar-refractivity contribution in [3.63, 3.8) is 0 Å². The minimum atomic E-state index is -0.593. The topological polar surface area (TPSA) is 97.8 Å². The third-order valence-corrected chi connectivity index (χ3v) is 2.65. The maximum Gasteiger partial charge on any atom is 2.00 e. The summed E-state index contributed by atoms with van der Waals surface area (Å²) in [6, 6.07) is 22.4. The summed E-state index contributed by atoms with van der Waals surface area (Å²) in [6.07, 6.45) is 0. The van der Waals surface area contributed by atoms with E-state index in [0.29, 0.717) is 5.69 Å². The van der Waals surface area contributed by atoms with Gasteiger partial charge in [0.15, 0.2) is 5.82 Å². The van der Waals surface area contributed by atoms with Gasteiger partial charge in [-0.05, 0) is 0 Å². The van der Waals surface area contributed by atoms with Crippen molar-refractivity contribution in [2.75, 3.05) is 5.73 Å². The van der Waals surface area contributed by atoms with Gasteiger partial charge >= 0.3 is 31.1 Å². The van der Waals surface area contributed by atoms with Gasteiger partial charge in [0.25, 0.3) is 5.91 Å². The quantitative estimate of drug-likeness (QED) is 0.455. The van der Waals surface area contributed by atoms with Crippen molar-refractivity contribution in [3.05, 3.63) is 72.3 Å². The van der Waals surface area contributed by atoms with Crippen molar-refractivity contribution in [2.24, 2.45) is 5.73 Å². The predicted octanol–water partition coefficient (Wildman–Crippen LogP) is 2.04. The van der Waals surface area contributed by atoms with Crippen LogP contribution in [-0.2, 0) is 0 Å². The van der Waals surface area contributed by atoms with Crippen LogP contribution >= 0.6 is 0 Å². The Balaban J connectivity index is 0.000000293. The molecule has 0 fully saturated rings. The van der Waals surface area contributed by atoms with E-state index in [1.165, 1.54) is 0 Å². The fourth-order valence-electron chi connectivity index (χ4n) is 1.71. The number of aromatic nitrogens is 2. The Kier molecular flexibility index (Phi) is 7.44. The van der Waals surface area contributed by atoms with E-state index in [1.54, 1.807) is 24.3 Å². The van der Waals surface area contributed by atoms with Crippen molar-refractivity contribution in [2.45, 2.75) is 0 Å². The van der Waals surface area contributed by atoms with Crippen molar-refractivity contribution in [1.82, 2.24) is 10.2 Å². The second kappa shape index (κ2) is 9.08. The molecule has 0 aliphatic rings. The normalized spacial score (nSPS) is 9.09. The number of primary amides is 1. The smallest absolute Gasteiger partial charge is 0.382 e. The first-order chi connectivity index (χ1) is 10.2. The van der Waals surface area contributed by atoms with Gasteiger partial charge in [-0.1, -0.05) is 0 Å². The molecule has 1 amide bonds. The fourth-order valence-corrected chi connectivity index (χ4v) is 1.71. The molecule has 0 spiro atoms. The second-order valence-corrected chi connectivity index (χ2v) is 4.09. The number of nitrogens with one attached hydrogen (secondary N) is 1. The number of benzene rings is 2. The van der Waals surface area contributed by atoms with Crippen LogP contribution < -0.4 is 11.5 Å². The Labute approximate surface area is 152 Å². The molecule has 0 saturated carbocycles. The molecule has 3 rings (SSSR count). The fraction of sp³-hybridized carbons (Fsp3) is 0. The third-order valence-electron chi connectivity index (χ3n) is 2.65. The van der Waals surface area contributed by atoms with Crippen molar-refractivity contribution >= 4 is 11.7 Å². The van der Waals surface area contributed by atoms with Crippen LogP contribution in [0.5, 0.6) is 0 Å². The molecule has 0 radical (unpaired) electrons. The van der Waals surface area contributed by atoms with E-state index >= 15 is 0 Å². The summed E-state index contributed by atoms with van der Waals surface area (Å²) in [4.78, 5) is 11.2. The maximum absolute atomic E-state index is 11.2. The molecule has 0 saturated heterocycles. The van der Waals surface area contributed by atoms with E-state index in [-0.39, 0.29) is 42.5 Å². The molecule has 0 aliphatic heterocycles. The van der Waals surface area contributed by atoms with Crippen LogP contribution in [0, 0.1) is 43.2 Å². The molecule has 1 aromatic heterocycles. The molecular formula is C16H14N4OU. The number of carbonyl (C=O) groups excluding carboxylic acids is 1. The second-order valence-electron chi connectivity index (χ2n) is 4.09. The van der Waals surface area contributed by atoms with Gasteiger partial charge in [0, 0.05) is 0 Å². The summed E-state index contributed by atoms with van der Waals surface area (Å²) in [5.41, 5.74) is 12.3. The molecule has 3 aromatic rings. The van der Waals surface area contributed by atoms with E-state index in [0.717, 1.165) is 5.56 Å². The van der Waals surface area contributed by atoms with Gasteiger partial charge in [-0.3, -0.25) is 9.89 Å². The van der Waals surface area contributed by atoms with E-state index in [2.05, 4.69) is 22.3 Å². The van der Waals surface area contributed by atoms with Gasteiger partial charge < -0.3 is 11.5 Å².